The van der Waals surface area contributed by atoms with Crippen molar-refractivity contribution in [1.29, 1.82) is 0 Å². The molecule has 1 fully saturated rings. The highest BCUT2D eigenvalue weighted by Gasteiger charge is 2.18. The first-order chi connectivity index (χ1) is 9.06. The lowest BCUT2D eigenvalue weighted by Crippen LogP contribution is -2.33. The van der Waals surface area contributed by atoms with Crippen molar-refractivity contribution in [3.8, 4) is 0 Å². The van der Waals surface area contributed by atoms with Gasteiger partial charge in [-0.2, -0.15) is 0 Å². The van der Waals surface area contributed by atoms with E-state index in [1.165, 1.54) is 25.7 Å². The summed E-state index contributed by atoms with van der Waals surface area (Å²) in [5.74, 6) is 0.769. The van der Waals surface area contributed by atoms with Crippen molar-refractivity contribution in [1.82, 2.24) is 5.32 Å². The molecular weight excluding hydrogens is 264 g/mol. The molecular formula is C14H19ClN2O2. The molecule has 1 N–H and O–H groups in total. The average Bonchev–Trinajstić information content (AvgIpc) is 2.37. The molecule has 0 radical (unpaired) electrons. The first kappa shape index (κ1) is 14.3. The molecule has 0 amide bonds. The van der Waals surface area contributed by atoms with Gasteiger partial charge in [0.2, 0.25) is 0 Å². The highest BCUT2D eigenvalue weighted by Crippen LogP contribution is 2.26. The average molecular weight is 283 g/mol. The summed E-state index contributed by atoms with van der Waals surface area (Å²) >= 11 is 5.80. The molecule has 0 bridgehead atoms. The van der Waals surface area contributed by atoms with Gasteiger partial charge in [0.1, 0.15) is 5.02 Å². The maximum absolute atomic E-state index is 10.8. The molecule has 1 aromatic carbocycles. The van der Waals surface area contributed by atoms with Gasteiger partial charge in [-0.1, -0.05) is 37.4 Å². The number of hydrogen-bond acceptors (Lipinski definition) is 3. The van der Waals surface area contributed by atoms with Gasteiger partial charge in [-0.25, -0.2) is 0 Å². The molecule has 104 valence electrons. The molecule has 0 heterocycles. The minimum atomic E-state index is -0.436. The number of nitrogens with one attached hydrogen (secondary N) is 1. The van der Waals surface area contributed by atoms with E-state index in [4.69, 9.17) is 11.6 Å². The SMILES string of the molecule is CC1CCCC(NCc2ccc(Cl)c([N+](=O)[O-])c2)C1. The van der Waals surface area contributed by atoms with Crippen molar-refractivity contribution >= 4 is 17.3 Å². The summed E-state index contributed by atoms with van der Waals surface area (Å²) in [5.41, 5.74) is 0.896. The molecule has 0 aliphatic heterocycles. The third-order valence-corrected chi connectivity index (χ3v) is 4.06. The summed E-state index contributed by atoms with van der Waals surface area (Å²) in [6.07, 6.45) is 4.96. The lowest BCUT2D eigenvalue weighted by atomic mass is 9.87. The van der Waals surface area contributed by atoms with E-state index < -0.39 is 4.92 Å². The van der Waals surface area contributed by atoms with Crippen LogP contribution < -0.4 is 5.32 Å². The van der Waals surface area contributed by atoms with Gasteiger partial charge >= 0.3 is 0 Å². The zero-order chi connectivity index (χ0) is 13.8. The molecule has 1 aliphatic carbocycles. The first-order valence-corrected chi connectivity index (χ1v) is 7.10. The molecule has 2 rings (SSSR count). The molecule has 0 saturated heterocycles. The molecule has 2 atom stereocenters. The van der Waals surface area contributed by atoms with E-state index in [1.807, 2.05) is 6.07 Å². The maximum atomic E-state index is 10.8. The Labute approximate surface area is 118 Å². The van der Waals surface area contributed by atoms with Crippen LogP contribution >= 0.6 is 11.6 Å². The van der Waals surface area contributed by atoms with Crippen LogP contribution in [0.5, 0.6) is 0 Å². The van der Waals surface area contributed by atoms with Crippen LogP contribution in [-0.4, -0.2) is 11.0 Å². The van der Waals surface area contributed by atoms with Gasteiger partial charge in [-0.15, -0.1) is 0 Å². The second-order valence-corrected chi connectivity index (χ2v) is 5.80. The zero-order valence-corrected chi connectivity index (χ0v) is 11.8. The normalized spacial score (nSPS) is 23.3. The molecule has 1 aromatic rings. The van der Waals surface area contributed by atoms with Crippen molar-refractivity contribution in [3.63, 3.8) is 0 Å². The Balaban J connectivity index is 1.96. The number of nitrogens with zero attached hydrogens (tertiary/aromatic N) is 1. The number of nitro benzene ring substituents is 1. The number of benzene rings is 1. The van der Waals surface area contributed by atoms with Gasteiger partial charge in [0.25, 0.3) is 5.69 Å². The van der Waals surface area contributed by atoms with Crippen molar-refractivity contribution < 1.29 is 4.92 Å². The number of rotatable bonds is 4. The lowest BCUT2D eigenvalue weighted by molar-refractivity contribution is -0.384. The minimum Gasteiger partial charge on any atom is -0.310 e. The van der Waals surface area contributed by atoms with Crippen molar-refractivity contribution in [2.45, 2.75) is 45.2 Å². The molecule has 0 spiro atoms. The van der Waals surface area contributed by atoms with Gasteiger partial charge in [-0.3, -0.25) is 10.1 Å². The summed E-state index contributed by atoms with van der Waals surface area (Å²) < 4.78 is 0. The van der Waals surface area contributed by atoms with Crippen LogP contribution in [0.25, 0.3) is 0 Å². The summed E-state index contributed by atoms with van der Waals surface area (Å²) in [6.45, 7) is 2.94. The zero-order valence-electron chi connectivity index (χ0n) is 11.1. The van der Waals surface area contributed by atoms with E-state index in [2.05, 4.69) is 12.2 Å². The van der Waals surface area contributed by atoms with E-state index in [9.17, 15) is 10.1 Å². The van der Waals surface area contributed by atoms with E-state index in [-0.39, 0.29) is 10.7 Å². The monoisotopic (exact) mass is 282 g/mol. The first-order valence-electron chi connectivity index (χ1n) is 6.72. The molecule has 2 unspecified atom stereocenters. The fraction of sp³-hybridized carbons (Fsp3) is 0.571. The second kappa shape index (κ2) is 6.35. The predicted molar refractivity (Wildman–Crippen MR) is 76.4 cm³/mol. The van der Waals surface area contributed by atoms with Crippen LogP contribution in [0.4, 0.5) is 5.69 Å². The largest absolute Gasteiger partial charge is 0.310 e. The van der Waals surface area contributed by atoms with Crippen molar-refractivity contribution in [2.24, 2.45) is 5.92 Å². The van der Waals surface area contributed by atoms with E-state index in [0.717, 1.165) is 11.5 Å². The number of halogens is 1. The molecule has 1 saturated carbocycles. The van der Waals surface area contributed by atoms with Crippen LogP contribution in [0.2, 0.25) is 5.02 Å². The minimum absolute atomic E-state index is 0.0158. The van der Waals surface area contributed by atoms with Gasteiger partial charge in [0.15, 0.2) is 0 Å². The van der Waals surface area contributed by atoms with Gasteiger partial charge in [0, 0.05) is 18.7 Å². The maximum Gasteiger partial charge on any atom is 0.288 e. The van der Waals surface area contributed by atoms with Gasteiger partial charge in [0.05, 0.1) is 4.92 Å². The lowest BCUT2D eigenvalue weighted by Gasteiger charge is -2.27. The highest BCUT2D eigenvalue weighted by molar-refractivity contribution is 6.32. The fourth-order valence-electron chi connectivity index (χ4n) is 2.69. The molecule has 0 aromatic heterocycles. The Morgan fingerprint density at radius 3 is 2.95 bits per heavy atom. The third kappa shape index (κ3) is 3.91. The third-order valence-electron chi connectivity index (χ3n) is 3.74. The Bertz CT molecular complexity index is 465. The molecule has 5 heteroatoms. The summed E-state index contributed by atoms with van der Waals surface area (Å²) in [5, 5.41) is 14.5. The van der Waals surface area contributed by atoms with Crippen LogP contribution in [-0.2, 0) is 6.54 Å². The van der Waals surface area contributed by atoms with Crippen LogP contribution in [0, 0.1) is 16.0 Å². The number of nitro groups is 1. The standard InChI is InChI=1S/C14H19ClN2O2/c1-10-3-2-4-12(7-10)16-9-11-5-6-13(15)14(8-11)17(18)19/h5-6,8,10,12,16H,2-4,7,9H2,1H3. The Hall–Kier alpha value is -1.13. The Morgan fingerprint density at radius 1 is 1.47 bits per heavy atom. The highest BCUT2D eigenvalue weighted by atomic mass is 35.5. The number of hydrogen-bond donors (Lipinski definition) is 1. The van der Waals surface area contributed by atoms with Crippen LogP contribution in [0.15, 0.2) is 18.2 Å². The smallest absolute Gasteiger partial charge is 0.288 e. The van der Waals surface area contributed by atoms with E-state index >= 15 is 0 Å². The van der Waals surface area contributed by atoms with Crippen molar-refractivity contribution in [3.05, 3.63) is 38.9 Å². The van der Waals surface area contributed by atoms with Crippen LogP contribution in [0.3, 0.4) is 0 Å². The summed E-state index contributed by atoms with van der Waals surface area (Å²) in [6, 6.07) is 5.52. The molecule has 19 heavy (non-hydrogen) atoms. The molecule has 1 aliphatic rings. The Morgan fingerprint density at radius 2 is 2.26 bits per heavy atom. The van der Waals surface area contributed by atoms with Crippen LogP contribution in [0.1, 0.15) is 38.2 Å². The van der Waals surface area contributed by atoms with E-state index in [0.29, 0.717) is 12.6 Å². The van der Waals surface area contributed by atoms with E-state index in [1.54, 1.807) is 12.1 Å². The predicted octanol–water partition coefficient (Wildman–Crippen LogP) is 3.92. The summed E-state index contributed by atoms with van der Waals surface area (Å²) in [7, 11) is 0. The van der Waals surface area contributed by atoms with Gasteiger partial charge < -0.3 is 5.32 Å². The van der Waals surface area contributed by atoms with Crippen molar-refractivity contribution in [2.75, 3.05) is 0 Å². The molecule has 4 nitrogen and oxygen atoms in total. The fourth-order valence-corrected chi connectivity index (χ4v) is 2.88. The topological polar surface area (TPSA) is 55.2 Å². The second-order valence-electron chi connectivity index (χ2n) is 5.39. The quantitative estimate of drug-likeness (QED) is 0.673. The Kier molecular flexibility index (Phi) is 4.77. The summed E-state index contributed by atoms with van der Waals surface area (Å²) in [4.78, 5) is 10.4. The van der Waals surface area contributed by atoms with Gasteiger partial charge in [-0.05, 0) is 30.4 Å².